The molecule has 192 valence electrons. The van der Waals surface area contributed by atoms with E-state index < -0.39 is 0 Å². The van der Waals surface area contributed by atoms with Crippen molar-refractivity contribution in [3.05, 3.63) is 76.9 Å². The van der Waals surface area contributed by atoms with E-state index in [9.17, 15) is 0 Å². The molecule has 2 saturated carbocycles. The number of nitrogens with zero attached hydrogens (tertiary/aromatic N) is 1. The summed E-state index contributed by atoms with van der Waals surface area (Å²) in [5.74, 6) is 0.640. The summed E-state index contributed by atoms with van der Waals surface area (Å²) in [5, 5.41) is 4.08. The van der Waals surface area contributed by atoms with Gasteiger partial charge in [-0.3, -0.25) is 0 Å². The molecule has 0 aliphatic heterocycles. The Balaban J connectivity index is 1.49. The summed E-state index contributed by atoms with van der Waals surface area (Å²) >= 11 is 0. The molecule has 1 nitrogen and oxygen atoms in total. The van der Waals surface area contributed by atoms with Crippen molar-refractivity contribution >= 4 is 21.7 Å². The van der Waals surface area contributed by atoms with E-state index >= 15 is 0 Å². The molecule has 0 saturated heterocycles. The van der Waals surface area contributed by atoms with Crippen LogP contribution >= 0.6 is 0 Å². The normalized spacial score (nSPS) is 18.6. The van der Waals surface area contributed by atoms with Gasteiger partial charge >= 0.3 is 0 Å². The lowest BCUT2D eigenvalue weighted by molar-refractivity contribution is 0.114. The van der Waals surface area contributed by atoms with Crippen molar-refractivity contribution in [2.24, 2.45) is 5.41 Å². The Bertz CT molecular complexity index is 1450. The Kier molecular flexibility index (Phi) is 6.17. The lowest BCUT2D eigenvalue weighted by atomic mass is 9.62. The van der Waals surface area contributed by atoms with Crippen LogP contribution in [0.25, 0.3) is 32.9 Å². The Hall–Kier alpha value is -2.67. The molecular weight excluding hydrogens is 446 g/mol. The number of pyridine rings is 1. The molecule has 2 fully saturated rings. The van der Waals surface area contributed by atoms with Crippen LogP contribution in [0.5, 0.6) is 0 Å². The number of aryl methyl sites for hydroxylation is 2. The van der Waals surface area contributed by atoms with E-state index in [1.807, 2.05) is 0 Å². The highest BCUT2D eigenvalue weighted by atomic mass is 14.7. The van der Waals surface area contributed by atoms with Crippen LogP contribution in [0.3, 0.4) is 0 Å². The first-order valence-corrected chi connectivity index (χ1v) is 14.7. The highest BCUT2D eigenvalue weighted by molar-refractivity contribution is 5.93. The monoisotopic (exact) mass is 489 g/mol. The number of hydrogen-bond donors (Lipinski definition) is 0. The maximum absolute atomic E-state index is 5.34. The zero-order valence-corrected chi connectivity index (χ0v) is 23.6. The molecular formula is C36H43N. The zero-order chi connectivity index (χ0) is 25.8. The Morgan fingerprint density at radius 1 is 0.811 bits per heavy atom. The summed E-state index contributed by atoms with van der Waals surface area (Å²) in [6.45, 7) is 11.5. The van der Waals surface area contributed by atoms with E-state index in [4.69, 9.17) is 4.98 Å². The van der Waals surface area contributed by atoms with Gasteiger partial charge in [0.1, 0.15) is 0 Å². The van der Waals surface area contributed by atoms with Crippen LogP contribution < -0.4 is 0 Å². The highest BCUT2D eigenvalue weighted by Gasteiger charge is 2.37. The van der Waals surface area contributed by atoms with Gasteiger partial charge in [-0.1, -0.05) is 70.4 Å². The van der Waals surface area contributed by atoms with Crippen molar-refractivity contribution in [3.8, 4) is 11.3 Å². The van der Waals surface area contributed by atoms with Gasteiger partial charge in [-0.05, 0) is 126 Å². The molecule has 0 radical (unpaired) electrons. The minimum atomic E-state index is 0.0696. The second-order valence-electron chi connectivity index (χ2n) is 13.4. The minimum absolute atomic E-state index is 0.0696. The van der Waals surface area contributed by atoms with Crippen LogP contribution in [0.2, 0.25) is 0 Å². The molecule has 1 spiro atoms. The molecule has 0 atom stereocenters. The van der Waals surface area contributed by atoms with Crippen molar-refractivity contribution in [1.29, 1.82) is 0 Å². The summed E-state index contributed by atoms with van der Waals surface area (Å²) in [4.78, 5) is 5.34. The minimum Gasteiger partial charge on any atom is -0.248 e. The van der Waals surface area contributed by atoms with Crippen LogP contribution in [-0.2, 0) is 5.41 Å². The quantitative estimate of drug-likeness (QED) is 0.273. The van der Waals surface area contributed by atoms with E-state index in [2.05, 4.69) is 89.2 Å². The lowest BCUT2D eigenvalue weighted by Gasteiger charge is -2.43. The van der Waals surface area contributed by atoms with Gasteiger partial charge in [0.05, 0.1) is 11.2 Å². The van der Waals surface area contributed by atoms with Crippen molar-refractivity contribution < 1.29 is 0 Å². The van der Waals surface area contributed by atoms with E-state index in [-0.39, 0.29) is 5.41 Å². The third kappa shape index (κ3) is 4.60. The topological polar surface area (TPSA) is 12.9 Å². The van der Waals surface area contributed by atoms with Crippen LogP contribution in [0.15, 0.2) is 54.6 Å². The van der Waals surface area contributed by atoms with E-state index in [0.717, 1.165) is 5.69 Å². The van der Waals surface area contributed by atoms with Gasteiger partial charge in [0.25, 0.3) is 0 Å². The molecule has 37 heavy (non-hydrogen) atoms. The van der Waals surface area contributed by atoms with Crippen molar-refractivity contribution in [2.75, 3.05) is 0 Å². The van der Waals surface area contributed by atoms with Gasteiger partial charge in [0.2, 0.25) is 0 Å². The molecule has 4 aromatic rings. The molecule has 6 rings (SSSR count). The molecule has 0 amide bonds. The Morgan fingerprint density at radius 2 is 1.54 bits per heavy atom. The molecule has 1 heteroatoms. The predicted molar refractivity (Wildman–Crippen MR) is 160 cm³/mol. The van der Waals surface area contributed by atoms with Gasteiger partial charge in [-0.2, -0.15) is 0 Å². The third-order valence-electron chi connectivity index (χ3n) is 9.65. The van der Waals surface area contributed by atoms with Crippen molar-refractivity contribution in [1.82, 2.24) is 4.98 Å². The highest BCUT2D eigenvalue weighted by Crippen LogP contribution is 2.52. The second kappa shape index (κ2) is 9.26. The molecule has 2 aliphatic carbocycles. The maximum Gasteiger partial charge on any atom is 0.0717 e. The number of rotatable bonds is 2. The number of fused-ring (bicyclic) bond motifs is 2. The second-order valence-corrected chi connectivity index (χ2v) is 13.4. The molecule has 3 aromatic carbocycles. The molecule has 0 bridgehead atoms. The smallest absolute Gasteiger partial charge is 0.0717 e. The summed E-state index contributed by atoms with van der Waals surface area (Å²) in [6.07, 6.45) is 12.8. The molecule has 1 aromatic heterocycles. The molecule has 0 N–H and O–H groups in total. The largest absolute Gasteiger partial charge is 0.248 e. The van der Waals surface area contributed by atoms with Crippen LogP contribution in [0, 0.1) is 19.3 Å². The summed E-state index contributed by atoms with van der Waals surface area (Å²) in [5.41, 5.74) is 9.93. The zero-order valence-electron chi connectivity index (χ0n) is 23.6. The van der Waals surface area contributed by atoms with Crippen LogP contribution in [0.1, 0.15) is 107 Å². The van der Waals surface area contributed by atoms with Gasteiger partial charge in [-0.15, -0.1) is 0 Å². The Morgan fingerprint density at radius 3 is 2.27 bits per heavy atom. The fourth-order valence-corrected chi connectivity index (χ4v) is 7.68. The van der Waals surface area contributed by atoms with Gasteiger partial charge in [0, 0.05) is 10.9 Å². The fraction of sp³-hybridized carbons (Fsp3) is 0.472. The van der Waals surface area contributed by atoms with Crippen LogP contribution in [0.4, 0.5) is 0 Å². The average Bonchev–Trinajstić information content (AvgIpc) is 2.87. The summed E-state index contributed by atoms with van der Waals surface area (Å²) in [7, 11) is 0. The molecule has 2 aliphatic rings. The first-order valence-electron chi connectivity index (χ1n) is 14.7. The summed E-state index contributed by atoms with van der Waals surface area (Å²) in [6, 6.07) is 20.8. The fourth-order valence-electron chi connectivity index (χ4n) is 7.68. The van der Waals surface area contributed by atoms with E-state index in [1.165, 1.54) is 102 Å². The van der Waals surface area contributed by atoms with E-state index in [1.54, 1.807) is 5.56 Å². The van der Waals surface area contributed by atoms with Gasteiger partial charge < -0.3 is 0 Å². The van der Waals surface area contributed by atoms with Gasteiger partial charge in [-0.25, -0.2) is 4.98 Å². The predicted octanol–water partition coefficient (Wildman–Crippen LogP) is 10.6. The molecule has 1 heterocycles. The maximum atomic E-state index is 5.34. The number of aromatic nitrogens is 1. The first kappa shape index (κ1) is 24.7. The first-order chi connectivity index (χ1) is 17.7. The van der Waals surface area contributed by atoms with Crippen LogP contribution in [-0.4, -0.2) is 4.98 Å². The third-order valence-corrected chi connectivity index (χ3v) is 9.65. The van der Waals surface area contributed by atoms with Crippen molar-refractivity contribution in [2.45, 2.75) is 104 Å². The lowest BCUT2D eigenvalue weighted by Crippen LogP contribution is -2.29. The standard InChI is InChI=1S/C36H43N/c1-24-19-25(2)34-30(26-13-17-36(18-14-26)15-9-6-10-16-36)23-32(37-33(34)20-24)28-21-27-11-7-8-12-29(27)31(22-28)35(3,4)5/h7-8,11-12,19-23,26H,6,9-10,13-18H2,1-5H3. The number of benzene rings is 3. The Labute approximate surface area is 223 Å². The SMILES string of the molecule is Cc1cc(C)c2c(C3CCC4(CCCCC4)CC3)cc(-c3cc(C(C)(C)C)c4ccccc4c3)nc2c1. The number of hydrogen-bond acceptors (Lipinski definition) is 1. The average molecular weight is 490 g/mol. The van der Waals surface area contributed by atoms with Crippen molar-refractivity contribution in [3.63, 3.8) is 0 Å². The van der Waals surface area contributed by atoms with Gasteiger partial charge in [0.15, 0.2) is 0 Å². The summed E-state index contributed by atoms with van der Waals surface area (Å²) < 4.78 is 0. The molecule has 0 unspecified atom stereocenters. The van der Waals surface area contributed by atoms with E-state index in [0.29, 0.717) is 11.3 Å².